The normalized spacial score (nSPS) is 22.7. The summed E-state index contributed by atoms with van der Waals surface area (Å²) in [6.07, 6.45) is -2.80. The third kappa shape index (κ3) is 2.24. The van der Waals surface area contributed by atoms with Crippen LogP contribution in [0.1, 0.15) is 18.1 Å². The Balaban J connectivity index is 2.45. The number of halogens is 3. The fraction of sp³-hybridized carbons (Fsp3) is 0.417. The lowest BCUT2D eigenvalue weighted by molar-refractivity contribution is -0.139. The van der Waals surface area contributed by atoms with Crippen LogP contribution < -0.4 is 4.74 Å². The molecule has 1 atom stereocenters. The van der Waals surface area contributed by atoms with Crippen molar-refractivity contribution in [3.05, 3.63) is 29.3 Å². The summed E-state index contributed by atoms with van der Waals surface area (Å²) in [5.41, 5.74) is -1.24. The van der Waals surface area contributed by atoms with E-state index in [0.717, 1.165) is 6.07 Å². The van der Waals surface area contributed by atoms with Crippen molar-refractivity contribution < 1.29 is 22.7 Å². The molecule has 3 nitrogen and oxygen atoms in total. The van der Waals surface area contributed by atoms with Gasteiger partial charge in [-0.2, -0.15) is 18.2 Å². The van der Waals surface area contributed by atoms with Crippen LogP contribution in [0.5, 0.6) is 5.75 Å². The van der Waals surface area contributed by atoms with E-state index in [9.17, 15) is 18.0 Å². The molecule has 0 radical (unpaired) electrons. The standard InChI is InChI=1S/C12H10F3NO2/c1-11(16-7-17)5-8-3-2-4-9(12(13,14)15)10(8)18-6-11/h2-4H,5-6H2,1H3. The molecule has 0 bridgehead atoms. The summed E-state index contributed by atoms with van der Waals surface area (Å²) in [7, 11) is 0. The summed E-state index contributed by atoms with van der Waals surface area (Å²) in [4.78, 5) is 13.9. The van der Waals surface area contributed by atoms with Gasteiger partial charge in [0.25, 0.3) is 0 Å². The first-order valence-corrected chi connectivity index (χ1v) is 5.27. The summed E-state index contributed by atoms with van der Waals surface area (Å²) in [5, 5.41) is 0. The number of alkyl halides is 3. The molecule has 0 saturated heterocycles. The molecule has 0 fully saturated rings. The van der Waals surface area contributed by atoms with Gasteiger partial charge in [0.1, 0.15) is 17.9 Å². The molecule has 0 spiro atoms. The van der Waals surface area contributed by atoms with Gasteiger partial charge in [-0.05, 0) is 18.6 Å². The van der Waals surface area contributed by atoms with Crippen molar-refractivity contribution in [3.8, 4) is 5.75 Å². The van der Waals surface area contributed by atoms with Crippen molar-refractivity contribution in [3.63, 3.8) is 0 Å². The van der Waals surface area contributed by atoms with Gasteiger partial charge < -0.3 is 4.74 Å². The molecule has 0 amide bonds. The highest BCUT2D eigenvalue weighted by atomic mass is 19.4. The first kappa shape index (κ1) is 12.6. The predicted molar refractivity (Wildman–Crippen MR) is 57.2 cm³/mol. The number of hydrogen-bond acceptors (Lipinski definition) is 3. The number of benzene rings is 1. The summed E-state index contributed by atoms with van der Waals surface area (Å²) >= 11 is 0. The maximum Gasteiger partial charge on any atom is 0.419 e. The maximum atomic E-state index is 12.8. The Morgan fingerprint density at radius 3 is 2.78 bits per heavy atom. The van der Waals surface area contributed by atoms with Crippen LogP contribution in [0.2, 0.25) is 0 Å². The number of aliphatic imine (C=N–C) groups is 1. The number of para-hydroxylation sites is 1. The van der Waals surface area contributed by atoms with Crippen LogP contribution >= 0.6 is 0 Å². The molecule has 0 aliphatic carbocycles. The van der Waals surface area contributed by atoms with Gasteiger partial charge in [0, 0.05) is 6.42 Å². The van der Waals surface area contributed by atoms with Crippen LogP contribution in [-0.4, -0.2) is 18.2 Å². The van der Waals surface area contributed by atoms with Crippen molar-refractivity contribution >= 4 is 6.08 Å². The van der Waals surface area contributed by atoms with E-state index in [1.807, 2.05) is 0 Å². The maximum absolute atomic E-state index is 12.8. The van der Waals surface area contributed by atoms with E-state index in [2.05, 4.69) is 4.99 Å². The van der Waals surface area contributed by atoms with Gasteiger partial charge in [-0.1, -0.05) is 12.1 Å². The molecule has 1 aliphatic rings. The minimum Gasteiger partial charge on any atom is -0.490 e. The number of fused-ring (bicyclic) bond motifs is 1. The van der Waals surface area contributed by atoms with Gasteiger partial charge in [0.15, 0.2) is 0 Å². The van der Waals surface area contributed by atoms with Crippen molar-refractivity contribution in [2.45, 2.75) is 25.1 Å². The van der Waals surface area contributed by atoms with Crippen LogP contribution in [0, 0.1) is 0 Å². The Morgan fingerprint density at radius 1 is 1.44 bits per heavy atom. The molecule has 1 aromatic rings. The minimum absolute atomic E-state index is 0.0671. The van der Waals surface area contributed by atoms with Crippen LogP contribution in [0.3, 0.4) is 0 Å². The summed E-state index contributed by atoms with van der Waals surface area (Å²) < 4.78 is 43.4. The average Bonchev–Trinajstić information content (AvgIpc) is 2.26. The summed E-state index contributed by atoms with van der Waals surface area (Å²) in [6.45, 7) is 1.57. The Labute approximate surface area is 101 Å². The van der Waals surface area contributed by atoms with Crippen molar-refractivity contribution in [2.24, 2.45) is 4.99 Å². The largest absolute Gasteiger partial charge is 0.490 e. The molecule has 6 heteroatoms. The fourth-order valence-electron chi connectivity index (χ4n) is 1.99. The van der Waals surface area contributed by atoms with Crippen LogP contribution in [-0.2, 0) is 17.4 Å². The fourth-order valence-corrected chi connectivity index (χ4v) is 1.99. The van der Waals surface area contributed by atoms with E-state index in [-0.39, 0.29) is 18.8 Å². The molecule has 1 heterocycles. The number of rotatable bonds is 1. The Morgan fingerprint density at radius 2 is 2.17 bits per heavy atom. The van der Waals surface area contributed by atoms with Gasteiger partial charge in [-0.15, -0.1) is 0 Å². The second kappa shape index (κ2) is 4.14. The molecule has 1 aliphatic heterocycles. The second-order valence-corrected chi connectivity index (χ2v) is 4.46. The molecule has 0 N–H and O–H groups in total. The van der Waals surface area contributed by atoms with Crippen molar-refractivity contribution in [1.82, 2.24) is 0 Å². The lowest BCUT2D eigenvalue weighted by Crippen LogP contribution is -2.37. The van der Waals surface area contributed by atoms with Crippen LogP contribution in [0.4, 0.5) is 13.2 Å². The zero-order chi connectivity index (χ0) is 13.4. The Hall–Kier alpha value is -1.81. The predicted octanol–water partition coefficient (Wildman–Crippen LogP) is 2.73. The first-order valence-electron chi connectivity index (χ1n) is 5.27. The molecule has 1 unspecified atom stereocenters. The second-order valence-electron chi connectivity index (χ2n) is 4.46. The summed E-state index contributed by atoms with van der Waals surface area (Å²) in [6, 6.07) is 3.84. The number of hydrogen-bond donors (Lipinski definition) is 0. The Kier molecular flexibility index (Phi) is 2.91. The highest BCUT2D eigenvalue weighted by Gasteiger charge is 2.39. The molecule has 0 aromatic heterocycles. The highest BCUT2D eigenvalue weighted by molar-refractivity contribution is 5.46. The molecule has 0 saturated carbocycles. The number of nitrogens with zero attached hydrogens (tertiary/aromatic N) is 1. The Bertz CT molecular complexity index is 521. The van der Waals surface area contributed by atoms with Crippen LogP contribution in [0.25, 0.3) is 0 Å². The van der Waals surface area contributed by atoms with E-state index < -0.39 is 17.3 Å². The average molecular weight is 257 g/mol. The molecule has 18 heavy (non-hydrogen) atoms. The van der Waals surface area contributed by atoms with E-state index in [1.165, 1.54) is 12.1 Å². The zero-order valence-corrected chi connectivity index (χ0v) is 9.54. The van der Waals surface area contributed by atoms with E-state index >= 15 is 0 Å². The third-order valence-corrected chi connectivity index (χ3v) is 2.82. The van der Waals surface area contributed by atoms with E-state index in [4.69, 9.17) is 4.74 Å². The number of isocyanates is 1. The third-order valence-electron chi connectivity index (χ3n) is 2.82. The van der Waals surface area contributed by atoms with E-state index in [1.54, 1.807) is 13.0 Å². The summed E-state index contributed by atoms with van der Waals surface area (Å²) in [5.74, 6) is -0.163. The molecular formula is C12H10F3NO2. The molecule has 2 rings (SSSR count). The van der Waals surface area contributed by atoms with Gasteiger partial charge in [-0.3, -0.25) is 0 Å². The molecule has 1 aromatic carbocycles. The zero-order valence-electron chi connectivity index (χ0n) is 9.54. The van der Waals surface area contributed by atoms with Gasteiger partial charge in [0.05, 0.1) is 5.56 Å². The van der Waals surface area contributed by atoms with Crippen molar-refractivity contribution in [1.29, 1.82) is 0 Å². The van der Waals surface area contributed by atoms with Gasteiger partial charge in [0.2, 0.25) is 6.08 Å². The monoisotopic (exact) mass is 257 g/mol. The van der Waals surface area contributed by atoms with Gasteiger partial charge in [-0.25, -0.2) is 4.79 Å². The van der Waals surface area contributed by atoms with Crippen LogP contribution in [0.15, 0.2) is 23.2 Å². The van der Waals surface area contributed by atoms with Crippen molar-refractivity contribution in [2.75, 3.05) is 6.61 Å². The smallest absolute Gasteiger partial charge is 0.419 e. The number of carbonyl (C=O) groups excluding carboxylic acids is 1. The quantitative estimate of drug-likeness (QED) is 0.573. The lowest BCUT2D eigenvalue weighted by Gasteiger charge is -2.31. The topological polar surface area (TPSA) is 38.7 Å². The first-order chi connectivity index (χ1) is 8.36. The van der Waals surface area contributed by atoms with Gasteiger partial charge >= 0.3 is 6.18 Å². The van der Waals surface area contributed by atoms with E-state index in [0.29, 0.717) is 5.56 Å². The SMILES string of the molecule is CC1(N=C=O)COc2c(cccc2C(F)(F)F)C1. The minimum atomic E-state index is -4.45. The molecule has 96 valence electrons. The lowest BCUT2D eigenvalue weighted by atomic mass is 9.90. The molecular weight excluding hydrogens is 247 g/mol. The number of ether oxygens (including phenoxy) is 1. The highest BCUT2D eigenvalue weighted by Crippen LogP contribution is 2.41.